The first-order valence-corrected chi connectivity index (χ1v) is 10.7. The van der Waals surface area contributed by atoms with Crippen LogP contribution < -0.4 is 9.47 Å². The summed E-state index contributed by atoms with van der Waals surface area (Å²) in [5.41, 5.74) is -0.327. The molecule has 32 heavy (non-hydrogen) atoms. The van der Waals surface area contributed by atoms with Crippen LogP contribution in [-0.2, 0) is 0 Å². The molecule has 156 valence electrons. The van der Waals surface area contributed by atoms with E-state index in [0.717, 1.165) is 12.1 Å². The molecule has 0 aliphatic rings. The minimum Gasteiger partial charge on any atom is -0.375 e. The van der Waals surface area contributed by atoms with Gasteiger partial charge in [0, 0.05) is 41.1 Å². The molecule has 4 rings (SSSR count). The van der Waals surface area contributed by atoms with E-state index in [1.165, 1.54) is 24.5 Å². The molecule has 7 nitrogen and oxygen atoms in total. The summed E-state index contributed by atoms with van der Waals surface area (Å²) in [6.07, 6.45) is 1.55. The van der Waals surface area contributed by atoms with Gasteiger partial charge < -0.3 is 9.47 Å². The maximum atomic E-state index is 14.1. The summed E-state index contributed by atoms with van der Waals surface area (Å²) in [6.45, 7) is 0. The smallest absolute Gasteiger partial charge is 0.375 e. The Hall–Kier alpha value is -3.17. The number of halogens is 4. The Labute approximate surface area is 205 Å². The fourth-order valence-electron chi connectivity index (χ4n) is 2.92. The van der Waals surface area contributed by atoms with Crippen molar-refractivity contribution in [1.82, 2.24) is 9.97 Å². The fourth-order valence-corrected chi connectivity index (χ4v) is 4.09. The van der Waals surface area contributed by atoms with Crippen molar-refractivity contribution in [3.8, 4) is 23.9 Å². The molecule has 0 aliphatic carbocycles. The van der Waals surface area contributed by atoms with Gasteiger partial charge in [-0.3, -0.25) is 0 Å². The van der Waals surface area contributed by atoms with Crippen LogP contribution in [0.5, 0.6) is 11.8 Å². The number of ether oxygens (including phenoxy) is 2. The average Bonchev–Trinajstić information content (AvgIpc) is 2.77. The van der Waals surface area contributed by atoms with E-state index >= 15 is 0 Å². The summed E-state index contributed by atoms with van der Waals surface area (Å²) in [5.74, 6) is -2.06. The molecule has 0 saturated carbocycles. The molecule has 0 unspecified atom stereocenters. The van der Waals surface area contributed by atoms with Crippen LogP contribution in [0.15, 0.2) is 36.7 Å². The Bertz CT molecular complexity index is 1420. The normalized spacial score (nSPS) is 10.6. The first-order valence-electron chi connectivity index (χ1n) is 8.57. The van der Waals surface area contributed by atoms with Gasteiger partial charge in [0.1, 0.15) is 23.8 Å². The Morgan fingerprint density at radius 1 is 0.781 bits per heavy atom. The van der Waals surface area contributed by atoms with E-state index < -0.39 is 17.8 Å². The molecular weight excluding hydrogens is 648 g/mol. The van der Waals surface area contributed by atoms with Crippen molar-refractivity contribution < 1.29 is 23.0 Å². The third kappa shape index (κ3) is 4.01. The molecule has 0 bridgehead atoms. The van der Waals surface area contributed by atoms with Gasteiger partial charge in [0.25, 0.3) is 0 Å². The van der Waals surface area contributed by atoms with Gasteiger partial charge in [0.2, 0.25) is 11.8 Å². The van der Waals surface area contributed by atoms with Gasteiger partial charge in [0.15, 0.2) is 0 Å². The number of fused-ring (bicyclic) bond motifs is 2. The van der Waals surface area contributed by atoms with Crippen molar-refractivity contribution in [2.24, 2.45) is 0 Å². The van der Waals surface area contributed by atoms with Crippen LogP contribution in [0.4, 0.5) is 13.6 Å². The maximum Gasteiger partial charge on any atom is 0.522 e. The van der Waals surface area contributed by atoms with Crippen molar-refractivity contribution >= 4 is 72.9 Å². The van der Waals surface area contributed by atoms with E-state index in [9.17, 15) is 13.6 Å². The molecule has 0 N–H and O–H groups in total. The Morgan fingerprint density at radius 3 is 1.56 bits per heavy atom. The zero-order valence-electron chi connectivity index (χ0n) is 15.5. The number of rotatable bonds is 2. The third-order valence-electron chi connectivity index (χ3n) is 4.38. The largest absolute Gasteiger partial charge is 0.522 e. The number of hydrogen-bond donors (Lipinski definition) is 0. The summed E-state index contributed by atoms with van der Waals surface area (Å²) < 4.78 is 39.8. The highest BCUT2D eigenvalue weighted by Gasteiger charge is 2.19. The van der Waals surface area contributed by atoms with Crippen LogP contribution >= 0.6 is 45.2 Å². The average molecular weight is 654 g/mol. The Kier molecular flexibility index (Phi) is 6.03. The summed E-state index contributed by atoms with van der Waals surface area (Å²) in [6, 6.07) is 8.25. The van der Waals surface area contributed by atoms with Crippen molar-refractivity contribution in [2.45, 2.75) is 0 Å². The van der Waals surface area contributed by atoms with Gasteiger partial charge in [-0.2, -0.15) is 10.5 Å². The molecule has 2 heterocycles. The number of nitriles is 2. The van der Waals surface area contributed by atoms with Crippen LogP contribution in [0.25, 0.3) is 21.5 Å². The van der Waals surface area contributed by atoms with Gasteiger partial charge in [-0.25, -0.2) is 23.5 Å². The van der Waals surface area contributed by atoms with Gasteiger partial charge in [-0.15, -0.1) is 0 Å². The van der Waals surface area contributed by atoms with E-state index in [4.69, 9.17) is 20.0 Å². The third-order valence-corrected chi connectivity index (χ3v) is 6.10. The molecule has 11 heteroatoms. The van der Waals surface area contributed by atoms with Crippen LogP contribution in [0, 0.1) is 41.4 Å². The van der Waals surface area contributed by atoms with E-state index in [1.54, 1.807) is 12.1 Å². The van der Waals surface area contributed by atoms with Crippen molar-refractivity contribution in [3.63, 3.8) is 0 Å². The number of carbonyl (C=O) groups excluding carboxylic acids is 1. The second-order valence-corrected chi connectivity index (χ2v) is 8.58. The number of benzene rings is 2. The van der Waals surface area contributed by atoms with Gasteiger partial charge in [-0.1, -0.05) is 0 Å². The van der Waals surface area contributed by atoms with E-state index in [2.05, 4.69) is 9.97 Å². The second-order valence-electron chi connectivity index (χ2n) is 6.26. The summed E-state index contributed by atoms with van der Waals surface area (Å²) in [7, 11) is 0. The summed E-state index contributed by atoms with van der Waals surface area (Å²) in [5, 5.41) is 19.3. The molecule has 0 amide bonds. The topological polar surface area (TPSA) is 109 Å². The van der Waals surface area contributed by atoms with Crippen LogP contribution in [-0.4, -0.2) is 16.1 Å². The summed E-state index contributed by atoms with van der Waals surface area (Å²) in [4.78, 5) is 20.4. The number of pyridine rings is 2. The molecule has 0 atom stereocenters. The fraction of sp³-hybridized carbons (Fsp3) is 0. The lowest BCUT2D eigenvalue weighted by molar-refractivity contribution is 0.149. The van der Waals surface area contributed by atoms with Crippen LogP contribution in [0.1, 0.15) is 11.1 Å². The molecule has 0 fully saturated rings. The number of carbonyl (C=O) groups is 1. The van der Waals surface area contributed by atoms with Gasteiger partial charge >= 0.3 is 6.16 Å². The number of hydrogen-bond acceptors (Lipinski definition) is 7. The number of aromatic nitrogens is 2. The highest BCUT2D eigenvalue weighted by atomic mass is 127. The predicted octanol–water partition coefficient (Wildman–Crippen LogP) is 5.59. The predicted molar refractivity (Wildman–Crippen MR) is 125 cm³/mol. The van der Waals surface area contributed by atoms with Crippen molar-refractivity contribution in [2.75, 3.05) is 0 Å². The van der Waals surface area contributed by atoms with Gasteiger partial charge in [-0.05, 0) is 69.4 Å². The van der Waals surface area contributed by atoms with Crippen LogP contribution in [0.2, 0.25) is 0 Å². The molecule has 0 aliphatic heterocycles. The zero-order valence-corrected chi connectivity index (χ0v) is 19.8. The molecule has 4 aromatic rings. The quantitative estimate of drug-likeness (QED) is 0.205. The zero-order chi connectivity index (χ0) is 23.0. The molecule has 2 aromatic carbocycles. The Balaban J connectivity index is 1.71. The summed E-state index contributed by atoms with van der Waals surface area (Å²) >= 11 is 3.92. The minimum atomic E-state index is -1.23. The molecular formula is C21H6F2I2N4O3. The van der Waals surface area contributed by atoms with E-state index in [0.29, 0.717) is 17.9 Å². The van der Waals surface area contributed by atoms with E-state index in [1.807, 2.05) is 45.2 Å². The lowest BCUT2D eigenvalue weighted by Crippen LogP contribution is -2.16. The molecule has 0 saturated heterocycles. The van der Waals surface area contributed by atoms with Crippen molar-refractivity contribution in [1.29, 1.82) is 10.5 Å². The SMILES string of the molecule is N#Cc1cc2c(I)cnc(OC(=O)Oc3ncc(I)c4cc(C#N)c(F)cc34)c2cc1F. The molecule has 0 spiro atoms. The molecule has 0 radical (unpaired) electrons. The first-order chi connectivity index (χ1) is 15.3. The lowest BCUT2D eigenvalue weighted by Gasteiger charge is -2.10. The standard InChI is InChI=1S/C21H6F2I2N4O3/c22-15-3-13-11(1-9(15)5-26)17(24)7-28-19(13)31-21(30)32-20-14-4-16(23)10(6-27)2-12(14)18(25)8-29-20/h1-4,7-8H. The second kappa shape index (κ2) is 8.76. The lowest BCUT2D eigenvalue weighted by atomic mass is 10.1. The van der Waals surface area contributed by atoms with Crippen molar-refractivity contribution in [3.05, 3.63) is 66.6 Å². The maximum absolute atomic E-state index is 14.1. The molecule has 2 aromatic heterocycles. The first kappa shape index (κ1) is 22.0. The monoisotopic (exact) mass is 654 g/mol. The minimum absolute atomic E-state index is 0.162. The number of nitrogens with zero attached hydrogens (tertiary/aromatic N) is 4. The van der Waals surface area contributed by atoms with Gasteiger partial charge in [0.05, 0.1) is 11.1 Å². The highest BCUT2D eigenvalue weighted by molar-refractivity contribution is 14.1. The Morgan fingerprint density at radius 2 is 1.19 bits per heavy atom. The van der Waals surface area contributed by atoms with E-state index in [-0.39, 0.29) is 33.7 Å². The van der Waals surface area contributed by atoms with Crippen LogP contribution in [0.3, 0.4) is 0 Å². The highest BCUT2D eigenvalue weighted by Crippen LogP contribution is 2.32.